The van der Waals surface area contributed by atoms with Crippen LogP contribution in [0.5, 0.6) is 5.75 Å². The average Bonchev–Trinajstić information content (AvgIpc) is 2.34. The van der Waals surface area contributed by atoms with Gasteiger partial charge in [-0.15, -0.1) is 0 Å². The molecule has 1 aromatic rings. The van der Waals surface area contributed by atoms with E-state index in [4.69, 9.17) is 16.3 Å². The molecule has 1 fully saturated rings. The summed E-state index contributed by atoms with van der Waals surface area (Å²) >= 11 is 5.96. The minimum absolute atomic E-state index is 0.0337. The van der Waals surface area contributed by atoms with Crippen molar-refractivity contribution in [2.45, 2.75) is 13.5 Å². The van der Waals surface area contributed by atoms with Gasteiger partial charge in [0.1, 0.15) is 5.75 Å². The zero-order valence-corrected chi connectivity index (χ0v) is 12.0. The Kier molecular flexibility index (Phi) is 4.66. The fourth-order valence-corrected chi connectivity index (χ4v) is 2.30. The lowest BCUT2D eigenvalue weighted by atomic mass is 9.88. The Hall–Kier alpha value is -1.26. The lowest BCUT2D eigenvalue weighted by Crippen LogP contribution is -2.49. The molecule has 1 atom stereocenters. The van der Waals surface area contributed by atoms with E-state index in [1.165, 1.54) is 0 Å². The lowest BCUT2D eigenvalue weighted by Gasteiger charge is -2.31. The topological polar surface area (TPSA) is 50.4 Å². The molecule has 1 aromatic carbocycles. The van der Waals surface area contributed by atoms with E-state index in [0.29, 0.717) is 17.5 Å². The average molecular weight is 283 g/mol. The van der Waals surface area contributed by atoms with Gasteiger partial charge in [-0.3, -0.25) is 4.79 Å². The van der Waals surface area contributed by atoms with Crippen LogP contribution in [0.25, 0.3) is 0 Å². The van der Waals surface area contributed by atoms with E-state index in [2.05, 4.69) is 10.6 Å². The van der Waals surface area contributed by atoms with Crippen LogP contribution in [0.4, 0.5) is 0 Å². The van der Waals surface area contributed by atoms with E-state index in [0.717, 1.165) is 24.4 Å². The SMILES string of the molecule is COc1ccc(Cl)cc1CNC(=O)C(C)C1CNC1. The van der Waals surface area contributed by atoms with Gasteiger partial charge in [-0.2, -0.15) is 0 Å². The summed E-state index contributed by atoms with van der Waals surface area (Å²) in [6, 6.07) is 5.40. The lowest BCUT2D eigenvalue weighted by molar-refractivity contribution is -0.126. The summed E-state index contributed by atoms with van der Waals surface area (Å²) in [5.41, 5.74) is 0.891. The Labute approximate surface area is 118 Å². The van der Waals surface area contributed by atoms with Gasteiger partial charge in [0.25, 0.3) is 0 Å². The number of methoxy groups -OCH3 is 1. The Morgan fingerprint density at radius 1 is 1.58 bits per heavy atom. The number of ether oxygens (including phenoxy) is 1. The molecule has 104 valence electrons. The van der Waals surface area contributed by atoms with Gasteiger partial charge in [-0.1, -0.05) is 18.5 Å². The molecular weight excluding hydrogens is 264 g/mol. The molecule has 1 aliphatic rings. The van der Waals surface area contributed by atoms with Crippen molar-refractivity contribution >= 4 is 17.5 Å². The van der Waals surface area contributed by atoms with Crippen molar-refractivity contribution in [1.29, 1.82) is 0 Å². The summed E-state index contributed by atoms with van der Waals surface area (Å²) in [4.78, 5) is 12.0. The molecule has 19 heavy (non-hydrogen) atoms. The predicted octanol–water partition coefficient (Wildman–Crippen LogP) is 1.82. The summed E-state index contributed by atoms with van der Waals surface area (Å²) in [6.45, 7) is 4.26. The van der Waals surface area contributed by atoms with Crippen molar-refractivity contribution in [1.82, 2.24) is 10.6 Å². The minimum Gasteiger partial charge on any atom is -0.496 e. The molecule has 1 heterocycles. The second-order valence-corrected chi connectivity index (χ2v) is 5.32. The largest absolute Gasteiger partial charge is 0.496 e. The highest BCUT2D eigenvalue weighted by Gasteiger charge is 2.28. The van der Waals surface area contributed by atoms with Crippen molar-refractivity contribution < 1.29 is 9.53 Å². The highest BCUT2D eigenvalue weighted by molar-refractivity contribution is 6.30. The molecule has 0 spiro atoms. The zero-order valence-electron chi connectivity index (χ0n) is 11.2. The quantitative estimate of drug-likeness (QED) is 0.866. The van der Waals surface area contributed by atoms with Crippen LogP contribution in [-0.4, -0.2) is 26.1 Å². The van der Waals surface area contributed by atoms with Crippen LogP contribution in [0.2, 0.25) is 5.02 Å². The third-order valence-electron chi connectivity index (χ3n) is 3.63. The zero-order chi connectivity index (χ0) is 13.8. The molecule has 1 saturated heterocycles. The standard InChI is InChI=1S/C14H19ClN2O2/c1-9(11-6-16-7-11)14(18)17-8-10-5-12(15)3-4-13(10)19-2/h3-5,9,11,16H,6-8H2,1-2H3,(H,17,18). The highest BCUT2D eigenvalue weighted by Crippen LogP contribution is 2.23. The van der Waals surface area contributed by atoms with Gasteiger partial charge in [-0.25, -0.2) is 0 Å². The summed E-state index contributed by atoms with van der Waals surface area (Å²) in [5.74, 6) is 1.30. The van der Waals surface area contributed by atoms with Crippen molar-refractivity contribution in [3.8, 4) is 5.75 Å². The second kappa shape index (κ2) is 6.26. The smallest absolute Gasteiger partial charge is 0.223 e. The summed E-state index contributed by atoms with van der Waals surface area (Å²) in [7, 11) is 1.61. The van der Waals surface area contributed by atoms with Gasteiger partial charge in [0.2, 0.25) is 5.91 Å². The summed E-state index contributed by atoms with van der Waals surface area (Å²) in [6.07, 6.45) is 0. The number of carbonyl (C=O) groups is 1. The third kappa shape index (κ3) is 3.39. The van der Waals surface area contributed by atoms with E-state index in [1.807, 2.05) is 19.1 Å². The van der Waals surface area contributed by atoms with Gasteiger partial charge < -0.3 is 15.4 Å². The van der Waals surface area contributed by atoms with Crippen LogP contribution in [0.1, 0.15) is 12.5 Å². The molecule has 1 amide bonds. The Morgan fingerprint density at radius 3 is 2.89 bits per heavy atom. The van der Waals surface area contributed by atoms with Crippen molar-refractivity contribution in [2.75, 3.05) is 20.2 Å². The van der Waals surface area contributed by atoms with Gasteiger partial charge in [0.15, 0.2) is 0 Å². The molecule has 0 aliphatic carbocycles. The van der Waals surface area contributed by atoms with Gasteiger partial charge in [-0.05, 0) is 37.2 Å². The molecule has 2 N–H and O–H groups in total. The number of amides is 1. The molecule has 0 radical (unpaired) electrons. The molecular formula is C14H19ClN2O2. The van der Waals surface area contributed by atoms with Crippen LogP contribution in [0.3, 0.4) is 0 Å². The first-order valence-electron chi connectivity index (χ1n) is 6.42. The fraction of sp³-hybridized carbons (Fsp3) is 0.500. The van der Waals surface area contributed by atoms with E-state index < -0.39 is 0 Å². The number of nitrogens with one attached hydrogen (secondary N) is 2. The summed E-state index contributed by atoms with van der Waals surface area (Å²) in [5, 5.41) is 6.76. The van der Waals surface area contributed by atoms with Crippen LogP contribution in [0.15, 0.2) is 18.2 Å². The minimum atomic E-state index is 0.0337. The van der Waals surface area contributed by atoms with Crippen molar-refractivity contribution in [3.05, 3.63) is 28.8 Å². The molecule has 0 saturated carbocycles. The monoisotopic (exact) mass is 282 g/mol. The van der Waals surface area contributed by atoms with Crippen molar-refractivity contribution in [2.24, 2.45) is 11.8 Å². The summed E-state index contributed by atoms with van der Waals surface area (Å²) < 4.78 is 5.25. The first-order chi connectivity index (χ1) is 9.11. The number of carbonyl (C=O) groups excluding carboxylic acids is 1. The maximum Gasteiger partial charge on any atom is 0.223 e. The van der Waals surface area contributed by atoms with E-state index >= 15 is 0 Å². The molecule has 0 aromatic heterocycles. The highest BCUT2D eigenvalue weighted by atomic mass is 35.5. The first-order valence-corrected chi connectivity index (χ1v) is 6.80. The Bertz CT molecular complexity index is 461. The van der Waals surface area contributed by atoms with Crippen molar-refractivity contribution in [3.63, 3.8) is 0 Å². The number of benzene rings is 1. The second-order valence-electron chi connectivity index (χ2n) is 4.88. The maximum absolute atomic E-state index is 12.0. The van der Waals surface area contributed by atoms with E-state index in [-0.39, 0.29) is 11.8 Å². The Balaban J connectivity index is 1.94. The first kappa shape index (κ1) is 14.2. The van der Waals surface area contributed by atoms with Crippen LogP contribution in [-0.2, 0) is 11.3 Å². The van der Waals surface area contributed by atoms with Gasteiger partial charge in [0, 0.05) is 23.0 Å². The molecule has 0 bridgehead atoms. The molecule has 5 heteroatoms. The number of halogens is 1. The normalized spacial score (nSPS) is 16.6. The third-order valence-corrected chi connectivity index (χ3v) is 3.86. The number of hydrogen-bond donors (Lipinski definition) is 2. The molecule has 2 rings (SSSR count). The molecule has 4 nitrogen and oxygen atoms in total. The number of hydrogen-bond acceptors (Lipinski definition) is 3. The van der Waals surface area contributed by atoms with Crippen LogP contribution in [0, 0.1) is 11.8 Å². The fourth-order valence-electron chi connectivity index (χ4n) is 2.11. The predicted molar refractivity (Wildman–Crippen MR) is 75.4 cm³/mol. The molecule has 1 unspecified atom stereocenters. The van der Waals surface area contributed by atoms with E-state index in [1.54, 1.807) is 13.2 Å². The number of rotatable bonds is 5. The van der Waals surface area contributed by atoms with Gasteiger partial charge in [0.05, 0.1) is 7.11 Å². The van der Waals surface area contributed by atoms with Crippen LogP contribution >= 0.6 is 11.6 Å². The Morgan fingerprint density at radius 2 is 2.32 bits per heavy atom. The molecule has 1 aliphatic heterocycles. The van der Waals surface area contributed by atoms with Crippen LogP contribution < -0.4 is 15.4 Å². The maximum atomic E-state index is 12.0. The van der Waals surface area contributed by atoms with Gasteiger partial charge >= 0.3 is 0 Å². The van der Waals surface area contributed by atoms with E-state index in [9.17, 15) is 4.79 Å².